The molecule has 3 aromatic rings. The molecule has 0 aliphatic carbocycles. The van der Waals surface area contributed by atoms with E-state index >= 15 is 0 Å². The number of nitrogens with one attached hydrogen (secondary N) is 2. The van der Waals surface area contributed by atoms with E-state index in [0.29, 0.717) is 24.6 Å². The zero-order valence-electron chi connectivity index (χ0n) is 14.1. The summed E-state index contributed by atoms with van der Waals surface area (Å²) in [4.78, 5) is 4.21. The molecule has 24 heavy (non-hydrogen) atoms. The molecule has 0 radical (unpaired) electrons. The van der Waals surface area contributed by atoms with Gasteiger partial charge in [-0.1, -0.05) is 0 Å². The van der Waals surface area contributed by atoms with Crippen LogP contribution in [0.3, 0.4) is 0 Å². The highest BCUT2D eigenvalue weighted by atomic mass is 19.1. The summed E-state index contributed by atoms with van der Waals surface area (Å²) in [7, 11) is 3.71. The van der Waals surface area contributed by atoms with E-state index in [1.807, 2.05) is 24.7 Å². The first-order valence-electron chi connectivity index (χ1n) is 7.79. The minimum absolute atomic E-state index is 0.258. The number of furan rings is 1. The quantitative estimate of drug-likeness (QED) is 0.572. The van der Waals surface area contributed by atoms with E-state index < -0.39 is 0 Å². The first-order valence-corrected chi connectivity index (χ1v) is 7.79. The Kier molecular flexibility index (Phi) is 4.55. The van der Waals surface area contributed by atoms with E-state index in [1.54, 1.807) is 13.1 Å². The molecule has 0 saturated carbocycles. The van der Waals surface area contributed by atoms with Crippen molar-refractivity contribution in [3.63, 3.8) is 0 Å². The number of fused-ring (bicyclic) bond motifs is 1. The van der Waals surface area contributed by atoms with Gasteiger partial charge in [-0.05, 0) is 36.8 Å². The lowest BCUT2D eigenvalue weighted by atomic mass is 10.1. The van der Waals surface area contributed by atoms with Crippen LogP contribution in [0.1, 0.15) is 16.9 Å². The number of guanidine groups is 1. The number of aromatic nitrogens is 1. The van der Waals surface area contributed by atoms with Crippen LogP contribution < -0.4 is 10.6 Å². The Morgan fingerprint density at radius 3 is 2.75 bits per heavy atom. The van der Waals surface area contributed by atoms with Crippen LogP contribution in [0.25, 0.3) is 11.0 Å². The second kappa shape index (κ2) is 6.78. The molecule has 1 aromatic carbocycles. The van der Waals surface area contributed by atoms with Crippen molar-refractivity contribution in [1.82, 2.24) is 15.2 Å². The Hall–Kier alpha value is -2.76. The summed E-state index contributed by atoms with van der Waals surface area (Å²) in [5.41, 5.74) is 2.81. The van der Waals surface area contributed by atoms with Crippen molar-refractivity contribution in [1.29, 1.82) is 0 Å². The molecular weight excluding hydrogens is 307 g/mol. The molecule has 126 valence electrons. The van der Waals surface area contributed by atoms with Crippen LogP contribution in [0.4, 0.5) is 4.39 Å². The first kappa shape index (κ1) is 16.1. The lowest BCUT2D eigenvalue weighted by Crippen LogP contribution is -2.36. The van der Waals surface area contributed by atoms with Crippen LogP contribution >= 0.6 is 0 Å². The summed E-state index contributed by atoms with van der Waals surface area (Å²) < 4.78 is 21.2. The largest absolute Gasteiger partial charge is 0.459 e. The molecule has 2 heterocycles. The Balaban J connectivity index is 1.64. The van der Waals surface area contributed by atoms with Gasteiger partial charge in [0.1, 0.15) is 17.2 Å². The Morgan fingerprint density at radius 1 is 1.25 bits per heavy atom. The molecule has 2 aromatic heterocycles. The summed E-state index contributed by atoms with van der Waals surface area (Å²) in [6, 6.07) is 6.62. The standard InChI is InChI=1S/C18H21FN4O/c1-12-15-8-14(19)4-5-16(15)24-17(12)10-22-18(20-2)21-9-13-6-7-23(3)11-13/h4-8,11H,9-10H2,1-3H3,(H2,20,21,22). The zero-order chi connectivity index (χ0) is 17.1. The summed E-state index contributed by atoms with van der Waals surface area (Å²) in [6.45, 7) is 3.10. The van der Waals surface area contributed by atoms with Crippen molar-refractivity contribution < 1.29 is 8.81 Å². The maximum absolute atomic E-state index is 13.4. The van der Waals surface area contributed by atoms with Crippen LogP contribution in [-0.2, 0) is 20.1 Å². The van der Waals surface area contributed by atoms with Crippen LogP contribution in [0.15, 0.2) is 46.1 Å². The summed E-state index contributed by atoms with van der Waals surface area (Å²) in [5, 5.41) is 7.28. The number of aliphatic imine (C=N–C) groups is 1. The van der Waals surface area contributed by atoms with Crippen molar-refractivity contribution in [2.24, 2.45) is 12.0 Å². The molecule has 0 atom stereocenters. The van der Waals surface area contributed by atoms with Crippen LogP contribution in [-0.4, -0.2) is 17.6 Å². The van der Waals surface area contributed by atoms with E-state index in [-0.39, 0.29) is 5.82 Å². The predicted molar refractivity (Wildman–Crippen MR) is 93.4 cm³/mol. The average Bonchev–Trinajstić information content (AvgIpc) is 3.12. The molecule has 0 bridgehead atoms. The van der Waals surface area contributed by atoms with Gasteiger partial charge < -0.3 is 19.6 Å². The van der Waals surface area contributed by atoms with Gasteiger partial charge in [-0.25, -0.2) is 4.39 Å². The number of halogens is 1. The maximum Gasteiger partial charge on any atom is 0.191 e. The topological polar surface area (TPSA) is 54.5 Å². The van der Waals surface area contributed by atoms with Gasteiger partial charge in [-0.3, -0.25) is 4.99 Å². The summed E-state index contributed by atoms with van der Waals surface area (Å²) >= 11 is 0. The van der Waals surface area contributed by atoms with Crippen molar-refractivity contribution in [2.45, 2.75) is 20.0 Å². The number of nitrogens with zero attached hydrogens (tertiary/aromatic N) is 2. The van der Waals surface area contributed by atoms with Crippen molar-refractivity contribution in [2.75, 3.05) is 7.05 Å². The third kappa shape index (κ3) is 3.42. The lowest BCUT2D eigenvalue weighted by molar-refractivity contribution is 0.534. The number of aryl methyl sites for hydroxylation is 2. The highest BCUT2D eigenvalue weighted by Gasteiger charge is 2.11. The van der Waals surface area contributed by atoms with Crippen molar-refractivity contribution in [3.05, 3.63) is 59.4 Å². The van der Waals surface area contributed by atoms with Gasteiger partial charge in [0.15, 0.2) is 5.96 Å². The molecule has 2 N–H and O–H groups in total. The molecule has 0 fully saturated rings. The van der Waals surface area contributed by atoms with Gasteiger partial charge in [0.25, 0.3) is 0 Å². The Morgan fingerprint density at radius 2 is 2.04 bits per heavy atom. The van der Waals surface area contributed by atoms with E-state index in [2.05, 4.69) is 27.9 Å². The molecule has 5 nitrogen and oxygen atoms in total. The number of benzene rings is 1. The molecule has 0 unspecified atom stereocenters. The lowest BCUT2D eigenvalue weighted by Gasteiger charge is -2.10. The minimum Gasteiger partial charge on any atom is -0.459 e. The van der Waals surface area contributed by atoms with Gasteiger partial charge in [0.05, 0.1) is 6.54 Å². The van der Waals surface area contributed by atoms with Crippen LogP contribution in [0.2, 0.25) is 0 Å². The minimum atomic E-state index is -0.258. The molecule has 0 aliphatic rings. The molecule has 0 saturated heterocycles. The van der Waals surface area contributed by atoms with Gasteiger partial charge in [0.2, 0.25) is 0 Å². The third-order valence-electron chi connectivity index (χ3n) is 3.99. The number of hydrogen-bond donors (Lipinski definition) is 2. The predicted octanol–water partition coefficient (Wildman–Crippen LogP) is 3.08. The fraction of sp³-hybridized carbons (Fsp3) is 0.278. The van der Waals surface area contributed by atoms with E-state index in [1.165, 1.54) is 17.7 Å². The number of rotatable bonds is 4. The second-order valence-corrected chi connectivity index (χ2v) is 5.76. The second-order valence-electron chi connectivity index (χ2n) is 5.76. The number of hydrogen-bond acceptors (Lipinski definition) is 2. The summed E-state index contributed by atoms with van der Waals surface area (Å²) in [5.74, 6) is 1.20. The molecule has 0 aliphatic heterocycles. The van der Waals surface area contributed by atoms with Gasteiger partial charge in [0, 0.05) is 44.0 Å². The van der Waals surface area contributed by atoms with Gasteiger partial charge in [-0.15, -0.1) is 0 Å². The Bertz CT molecular complexity index is 878. The van der Waals surface area contributed by atoms with Crippen LogP contribution in [0, 0.1) is 12.7 Å². The highest BCUT2D eigenvalue weighted by molar-refractivity contribution is 5.83. The summed E-state index contributed by atoms with van der Waals surface area (Å²) in [6.07, 6.45) is 4.06. The first-order chi connectivity index (χ1) is 11.6. The fourth-order valence-corrected chi connectivity index (χ4v) is 2.65. The highest BCUT2D eigenvalue weighted by Crippen LogP contribution is 2.25. The molecule has 0 amide bonds. The third-order valence-corrected chi connectivity index (χ3v) is 3.99. The normalized spacial score (nSPS) is 11.9. The fourth-order valence-electron chi connectivity index (χ4n) is 2.65. The van der Waals surface area contributed by atoms with Crippen molar-refractivity contribution >= 4 is 16.9 Å². The molecule has 3 rings (SSSR count). The van der Waals surface area contributed by atoms with Crippen molar-refractivity contribution in [3.8, 4) is 0 Å². The average molecular weight is 328 g/mol. The van der Waals surface area contributed by atoms with Gasteiger partial charge >= 0.3 is 0 Å². The van der Waals surface area contributed by atoms with E-state index in [0.717, 1.165) is 16.7 Å². The van der Waals surface area contributed by atoms with Gasteiger partial charge in [-0.2, -0.15) is 0 Å². The molecule has 0 spiro atoms. The van der Waals surface area contributed by atoms with E-state index in [9.17, 15) is 4.39 Å². The molecule has 6 heteroatoms. The monoisotopic (exact) mass is 328 g/mol. The molecular formula is C18H21FN4O. The van der Waals surface area contributed by atoms with Crippen LogP contribution in [0.5, 0.6) is 0 Å². The Labute approximate surface area is 140 Å². The zero-order valence-corrected chi connectivity index (χ0v) is 14.1. The maximum atomic E-state index is 13.4. The SMILES string of the molecule is CN=C(NCc1ccn(C)c1)NCc1oc2ccc(F)cc2c1C. The van der Waals surface area contributed by atoms with E-state index in [4.69, 9.17) is 4.42 Å². The smallest absolute Gasteiger partial charge is 0.191 e.